The molecule has 1 heterocycles. The molecule has 1 aliphatic heterocycles. The smallest absolute Gasteiger partial charge is 0.117 e. The van der Waals surface area contributed by atoms with Gasteiger partial charge < -0.3 is 0 Å². The molecule has 1 saturated heterocycles. The average Bonchev–Trinajstić information content (AvgIpc) is 2.46. The molecule has 2 atom stereocenters. The lowest BCUT2D eigenvalue weighted by Crippen LogP contribution is -2.07. The Bertz CT molecular complexity index is 190. The molecule has 0 N–H and O–H groups in total. The van der Waals surface area contributed by atoms with Crippen LogP contribution in [0.3, 0.4) is 0 Å². The lowest BCUT2D eigenvalue weighted by molar-refractivity contribution is -0.315. The van der Waals surface area contributed by atoms with Crippen LogP contribution in [-0.2, 0) is 9.78 Å². The predicted molar refractivity (Wildman–Crippen MR) is 46.5 cm³/mol. The van der Waals surface area contributed by atoms with E-state index in [4.69, 9.17) is 9.78 Å². The minimum absolute atomic E-state index is 0.243. The first kappa shape index (κ1) is 8.27. The molecule has 2 rings (SSSR count). The van der Waals surface area contributed by atoms with E-state index < -0.39 is 0 Å². The van der Waals surface area contributed by atoms with Gasteiger partial charge in [0.1, 0.15) is 12.2 Å². The van der Waals surface area contributed by atoms with Crippen molar-refractivity contribution in [3.05, 3.63) is 11.6 Å². The Labute approximate surface area is 73.5 Å². The number of fused-ring (bicyclic) bond motifs is 2. The lowest BCUT2D eigenvalue weighted by Gasteiger charge is -2.13. The van der Waals surface area contributed by atoms with Gasteiger partial charge in [-0.2, -0.15) is 0 Å². The first-order valence-electron chi connectivity index (χ1n) is 4.61. The van der Waals surface area contributed by atoms with Crippen LogP contribution in [0.1, 0.15) is 33.6 Å². The molecule has 2 unspecified atom stereocenters. The highest BCUT2D eigenvalue weighted by atomic mass is 17.2. The molecule has 0 aromatic heterocycles. The Balaban J connectivity index is 2.19. The SMILES string of the molecule is CC(C)(C)C=C1C2CCC1OO2. The fourth-order valence-corrected chi connectivity index (χ4v) is 1.87. The van der Waals surface area contributed by atoms with Crippen LogP contribution in [0, 0.1) is 5.41 Å². The van der Waals surface area contributed by atoms with Crippen molar-refractivity contribution in [3.63, 3.8) is 0 Å². The van der Waals surface area contributed by atoms with Crippen molar-refractivity contribution in [1.82, 2.24) is 0 Å². The van der Waals surface area contributed by atoms with E-state index in [2.05, 4.69) is 26.8 Å². The topological polar surface area (TPSA) is 18.5 Å². The van der Waals surface area contributed by atoms with Crippen molar-refractivity contribution in [3.8, 4) is 0 Å². The van der Waals surface area contributed by atoms with Gasteiger partial charge >= 0.3 is 0 Å². The zero-order valence-electron chi connectivity index (χ0n) is 7.96. The minimum atomic E-state index is 0.243. The van der Waals surface area contributed by atoms with Gasteiger partial charge in [-0.15, -0.1) is 0 Å². The molecule has 1 saturated carbocycles. The molecule has 0 aromatic carbocycles. The molecule has 0 aromatic rings. The minimum Gasteiger partial charge on any atom is -0.228 e. The second kappa shape index (κ2) is 2.57. The summed E-state index contributed by atoms with van der Waals surface area (Å²) in [7, 11) is 0. The predicted octanol–water partition coefficient (Wildman–Crippen LogP) is 2.45. The second-order valence-corrected chi connectivity index (χ2v) is 4.76. The summed E-state index contributed by atoms with van der Waals surface area (Å²) in [6.07, 6.45) is 5.07. The highest BCUT2D eigenvalue weighted by molar-refractivity contribution is 5.23. The molecular weight excluding hydrogens is 152 g/mol. The van der Waals surface area contributed by atoms with Crippen LogP contribution >= 0.6 is 0 Å². The summed E-state index contributed by atoms with van der Waals surface area (Å²) in [5.41, 5.74) is 1.61. The Morgan fingerprint density at radius 3 is 2.00 bits per heavy atom. The van der Waals surface area contributed by atoms with Crippen LogP contribution in [0.25, 0.3) is 0 Å². The van der Waals surface area contributed by atoms with Gasteiger partial charge in [0.25, 0.3) is 0 Å². The van der Waals surface area contributed by atoms with Gasteiger partial charge in [-0.1, -0.05) is 26.8 Å². The van der Waals surface area contributed by atoms with Crippen molar-refractivity contribution in [2.24, 2.45) is 5.41 Å². The fraction of sp³-hybridized carbons (Fsp3) is 0.800. The van der Waals surface area contributed by atoms with Gasteiger partial charge in [-0.25, -0.2) is 9.78 Å². The van der Waals surface area contributed by atoms with Gasteiger partial charge in [0.05, 0.1) is 0 Å². The Morgan fingerprint density at radius 2 is 1.67 bits per heavy atom. The zero-order chi connectivity index (χ0) is 8.77. The maximum Gasteiger partial charge on any atom is 0.117 e. The quantitative estimate of drug-likeness (QED) is 0.408. The third-order valence-electron chi connectivity index (χ3n) is 2.32. The van der Waals surface area contributed by atoms with Crippen LogP contribution in [0.5, 0.6) is 0 Å². The first-order valence-corrected chi connectivity index (χ1v) is 4.61. The lowest BCUT2D eigenvalue weighted by atomic mass is 9.92. The van der Waals surface area contributed by atoms with E-state index in [0.717, 1.165) is 12.8 Å². The van der Waals surface area contributed by atoms with Crippen LogP contribution < -0.4 is 0 Å². The number of allylic oxidation sites excluding steroid dienone is 1. The number of hydrogen-bond acceptors (Lipinski definition) is 2. The molecule has 68 valence electrons. The van der Waals surface area contributed by atoms with Crippen molar-refractivity contribution in [1.29, 1.82) is 0 Å². The highest BCUT2D eigenvalue weighted by Gasteiger charge is 2.40. The second-order valence-electron chi connectivity index (χ2n) is 4.76. The number of hydrogen-bond donors (Lipinski definition) is 0. The third kappa shape index (κ3) is 1.41. The molecule has 2 fully saturated rings. The van der Waals surface area contributed by atoms with E-state index in [-0.39, 0.29) is 17.6 Å². The fourth-order valence-electron chi connectivity index (χ4n) is 1.87. The largest absolute Gasteiger partial charge is 0.228 e. The van der Waals surface area contributed by atoms with Crippen molar-refractivity contribution in [2.45, 2.75) is 45.8 Å². The normalized spacial score (nSPS) is 34.4. The highest BCUT2D eigenvalue weighted by Crippen LogP contribution is 2.39. The molecule has 1 aliphatic carbocycles. The van der Waals surface area contributed by atoms with Crippen molar-refractivity contribution in [2.75, 3.05) is 0 Å². The molecule has 0 amide bonds. The first-order chi connectivity index (χ1) is 5.56. The molecule has 2 nitrogen and oxygen atoms in total. The third-order valence-corrected chi connectivity index (χ3v) is 2.32. The van der Waals surface area contributed by atoms with E-state index in [1.54, 1.807) is 0 Å². The van der Waals surface area contributed by atoms with Crippen LogP contribution in [0.2, 0.25) is 0 Å². The van der Waals surface area contributed by atoms with Gasteiger partial charge in [0, 0.05) is 0 Å². The molecule has 12 heavy (non-hydrogen) atoms. The van der Waals surface area contributed by atoms with Gasteiger partial charge in [0.2, 0.25) is 0 Å². The van der Waals surface area contributed by atoms with E-state index in [0.29, 0.717) is 0 Å². The maximum atomic E-state index is 5.14. The molecule has 2 aliphatic rings. The van der Waals surface area contributed by atoms with Gasteiger partial charge in [0.15, 0.2) is 0 Å². The summed E-state index contributed by atoms with van der Waals surface area (Å²) in [5.74, 6) is 0. The Kier molecular flexibility index (Phi) is 1.77. The maximum absolute atomic E-state index is 5.14. The zero-order valence-corrected chi connectivity index (χ0v) is 7.96. The average molecular weight is 168 g/mol. The summed E-state index contributed by atoms with van der Waals surface area (Å²) in [5, 5.41) is 0. The molecule has 2 heteroatoms. The monoisotopic (exact) mass is 168 g/mol. The summed E-state index contributed by atoms with van der Waals surface area (Å²) < 4.78 is 0. The molecule has 0 radical (unpaired) electrons. The van der Waals surface area contributed by atoms with Crippen LogP contribution in [0.4, 0.5) is 0 Å². The number of rotatable bonds is 0. The summed E-state index contributed by atoms with van der Waals surface area (Å²) >= 11 is 0. The summed E-state index contributed by atoms with van der Waals surface area (Å²) in [4.78, 5) is 10.3. The van der Waals surface area contributed by atoms with Crippen molar-refractivity contribution < 1.29 is 9.78 Å². The van der Waals surface area contributed by atoms with Crippen LogP contribution in [0.15, 0.2) is 11.6 Å². The van der Waals surface area contributed by atoms with Gasteiger partial charge in [-0.05, 0) is 23.8 Å². The summed E-state index contributed by atoms with van der Waals surface area (Å²) in [6.45, 7) is 6.62. The van der Waals surface area contributed by atoms with E-state index in [1.807, 2.05) is 0 Å². The molecule has 2 bridgehead atoms. The Morgan fingerprint density at radius 1 is 1.17 bits per heavy atom. The molecular formula is C10H16O2. The standard InChI is InChI=1S/C10H16O2/c1-10(2,3)6-7-8-4-5-9(7)12-11-8/h6,8-9H,4-5H2,1-3H3. The van der Waals surface area contributed by atoms with Gasteiger partial charge in [-0.3, -0.25) is 0 Å². The summed E-state index contributed by atoms with van der Waals surface area (Å²) in [6, 6.07) is 0. The van der Waals surface area contributed by atoms with E-state index in [9.17, 15) is 0 Å². The van der Waals surface area contributed by atoms with Crippen molar-refractivity contribution >= 4 is 0 Å². The Hall–Kier alpha value is -0.340. The van der Waals surface area contributed by atoms with E-state index in [1.165, 1.54) is 5.57 Å². The van der Waals surface area contributed by atoms with E-state index >= 15 is 0 Å². The van der Waals surface area contributed by atoms with Crippen LogP contribution in [-0.4, -0.2) is 12.2 Å². The molecule has 0 spiro atoms.